The Hall–Kier alpha value is -2.47. The fourth-order valence-electron chi connectivity index (χ4n) is 1.99. The van der Waals surface area contributed by atoms with E-state index in [9.17, 15) is 4.79 Å². The summed E-state index contributed by atoms with van der Waals surface area (Å²) in [6.07, 6.45) is 3.22. The molecule has 2 heterocycles. The molecule has 1 aliphatic rings. The van der Waals surface area contributed by atoms with Crippen LogP contribution in [0.5, 0.6) is 5.75 Å². The van der Waals surface area contributed by atoms with E-state index in [2.05, 4.69) is 15.3 Å². The Morgan fingerprint density at radius 1 is 1.32 bits per heavy atom. The molecule has 19 heavy (non-hydrogen) atoms. The first-order chi connectivity index (χ1) is 9.28. The second-order valence-corrected chi connectivity index (χ2v) is 4.10. The molecule has 3 N–H and O–H groups in total. The summed E-state index contributed by atoms with van der Waals surface area (Å²) in [6.45, 7) is 0.356. The molecule has 2 aromatic rings. The summed E-state index contributed by atoms with van der Waals surface area (Å²) in [5.74, 6) is 0.490. The van der Waals surface area contributed by atoms with Gasteiger partial charge in [0, 0.05) is 24.5 Å². The monoisotopic (exact) mass is 256 g/mol. The van der Waals surface area contributed by atoms with E-state index >= 15 is 0 Å². The number of hydrogen-bond acceptors (Lipinski definition) is 5. The molecule has 96 valence electrons. The largest absolute Gasteiger partial charge is 0.482 e. The van der Waals surface area contributed by atoms with E-state index in [1.807, 2.05) is 12.1 Å². The summed E-state index contributed by atoms with van der Waals surface area (Å²) >= 11 is 0. The van der Waals surface area contributed by atoms with Gasteiger partial charge in [0.2, 0.25) is 0 Å². The first-order valence-corrected chi connectivity index (χ1v) is 5.85. The summed E-state index contributed by atoms with van der Waals surface area (Å²) in [5, 5.41) is 2.76. The SMILES string of the molecule is NCc1nccnc1-c1ccc2c(c1)NC(=O)CO2. The normalized spacial score (nSPS) is 13.4. The van der Waals surface area contributed by atoms with Crippen molar-refractivity contribution in [3.05, 3.63) is 36.3 Å². The maximum atomic E-state index is 11.3. The van der Waals surface area contributed by atoms with Gasteiger partial charge in [-0.1, -0.05) is 0 Å². The molecule has 1 aliphatic heterocycles. The Labute approximate surface area is 109 Å². The Balaban J connectivity index is 2.06. The van der Waals surface area contributed by atoms with Crippen molar-refractivity contribution in [2.75, 3.05) is 11.9 Å². The molecule has 1 aromatic heterocycles. The maximum absolute atomic E-state index is 11.3. The molecule has 0 radical (unpaired) electrons. The number of carbonyl (C=O) groups excluding carboxylic acids is 1. The lowest BCUT2D eigenvalue weighted by molar-refractivity contribution is -0.118. The number of ether oxygens (including phenoxy) is 1. The van der Waals surface area contributed by atoms with Gasteiger partial charge in [-0.25, -0.2) is 0 Å². The molecule has 6 nitrogen and oxygen atoms in total. The predicted octanol–water partition coefficient (Wildman–Crippen LogP) is 0.933. The average Bonchev–Trinajstić information content (AvgIpc) is 2.46. The molecular formula is C13H12N4O2. The molecule has 0 fully saturated rings. The van der Waals surface area contributed by atoms with Crippen molar-refractivity contribution in [3.63, 3.8) is 0 Å². The zero-order chi connectivity index (χ0) is 13.2. The quantitative estimate of drug-likeness (QED) is 0.834. The summed E-state index contributed by atoms with van der Waals surface area (Å²) in [6, 6.07) is 5.49. The zero-order valence-corrected chi connectivity index (χ0v) is 10.1. The van der Waals surface area contributed by atoms with Gasteiger partial charge in [0.15, 0.2) is 6.61 Å². The third-order valence-corrected chi connectivity index (χ3v) is 2.85. The molecule has 0 aliphatic carbocycles. The summed E-state index contributed by atoms with van der Waals surface area (Å²) in [5.41, 5.74) is 8.57. The molecule has 0 unspecified atom stereocenters. The average molecular weight is 256 g/mol. The van der Waals surface area contributed by atoms with E-state index in [-0.39, 0.29) is 12.5 Å². The minimum atomic E-state index is -0.164. The molecule has 0 atom stereocenters. The molecular weight excluding hydrogens is 244 g/mol. The van der Waals surface area contributed by atoms with Crippen LogP contribution in [0.15, 0.2) is 30.6 Å². The zero-order valence-electron chi connectivity index (χ0n) is 10.1. The third kappa shape index (κ3) is 2.13. The van der Waals surface area contributed by atoms with Crippen LogP contribution in [0.25, 0.3) is 11.3 Å². The molecule has 1 aromatic carbocycles. The van der Waals surface area contributed by atoms with Crippen LogP contribution >= 0.6 is 0 Å². The number of benzene rings is 1. The summed E-state index contributed by atoms with van der Waals surface area (Å²) in [4.78, 5) is 19.8. The van der Waals surface area contributed by atoms with Crippen molar-refractivity contribution in [1.82, 2.24) is 9.97 Å². The van der Waals surface area contributed by atoms with Crippen LogP contribution in [0.3, 0.4) is 0 Å². The van der Waals surface area contributed by atoms with Gasteiger partial charge in [-0.05, 0) is 18.2 Å². The minimum Gasteiger partial charge on any atom is -0.482 e. The molecule has 1 amide bonds. The van der Waals surface area contributed by atoms with Crippen molar-refractivity contribution in [3.8, 4) is 17.0 Å². The van der Waals surface area contributed by atoms with Gasteiger partial charge >= 0.3 is 0 Å². The van der Waals surface area contributed by atoms with Crippen molar-refractivity contribution >= 4 is 11.6 Å². The predicted molar refractivity (Wildman–Crippen MR) is 69.5 cm³/mol. The van der Waals surface area contributed by atoms with E-state index in [4.69, 9.17) is 10.5 Å². The van der Waals surface area contributed by atoms with Crippen molar-refractivity contribution in [1.29, 1.82) is 0 Å². The number of nitrogens with one attached hydrogen (secondary N) is 1. The molecule has 0 saturated heterocycles. The Morgan fingerprint density at radius 3 is 3.00 bits per heavy atom. The van der Waals surface area contributed by atoms with Gasteiger partial charge in [-0.3, -0.25) is 14.8 Å². The molecule has 0 saturated carbocycles. The number of aromatic nitrogens is 2. The first kappa shape index (κ1) is 11.6. The van der Waals surface area contributed by atoms with Crippen LogP contribution in [-0.2, 0) is 11.3 Å². The number of hydrogen-bond donors (Lipinski definition) is 2. The smallest absolute Gasteiger partial charge is 0.262 e. The summed E-state index contributed by atoms with van der Waals surface area (Å²) < 4.78 is 5.31. The maximum Gasteiger partial charge on any atom is 0.262 e. The van der Waals surface area contributed by atoms with E-state index in [1.165, 1.54) is 0 Å². The number of fused-ring (bicyclic) bond motifs is 1. The lowest BCUT2D eigenvalue weighted by atomic mass is 10.1. The van der Waals surface area contributed by atoms with Crippen LogP contribution in [0.1, 0.15) is 5.69 Å². The van der Waals surface area contributed by atoms with Gasteiger partial charge < -0.3 is 15.8 Å². The highest BCUT2D eigenvalue weighted by molar-refractivity contribution is 5.96. The lowest BCUT2D eigenvalue weighted by Crippen LogP contribution is -2.25. The van der Waals surface area contributed by atoms with Crippen LogP contribution in [-0.4, -0.2) is 22.5 Å². The number of amides is 1. The van der Waals surface area contributed by atoms with E-state index in [1.54, 1.807) is 18.5 Å². The van der Waals surface area contributed by atoms with Crippen molar-refractivity contribution < 1.29 is 9.53 Å². The highest BCUT2D eigenvalue weighted by Crippen LogP contribution is 2.32. The highest BCUT2D eigenvalue weighted by atomic mass is 16.5. The van der Waals surface area contributed by atoms with Crippen molar-refractivity contribution in [2.24, 2.45) is 5.73 Å². The van der Waals surface area contributed by atoms with Crippen LogP contribution < -0.4 is 15.8 Å². The van der Waals surface area contributed by atoms with Crippen molar-refractivity contribution in [2.45, 2.75) is 6.54 Å². The first-order valence-electron chi connectivity index (χ1n) is 5.85. The second kappa shape index (κ2) is 4.66. The fourth-order valence-corrected chi connectivity index (χ4v) is 1.99. The summed E-state index contributed by atoms with van der Waals surface area (Å²) in [7, 11) is 0. The molecule has 0 bridgehead atoms. The third-order valence-electron chi connectivity index (χ3n) is 2.85. The van der Waals surface area contributed by atoms with Crippen LogP contribution in [0.2, 0.25) is 0 Å². The second-order valence-electron chi connectivity index (χ2n) is 4.10. The topological polar surface area (TPSA) is 90.1 Å². The Kier molecular flexibility index (Phi) is 2.85. The highest BCUT2D eigenvalue weighted by Gasteiger charge is 2.17. The van der Waals surface area contributed by atoms with Crippen LogP contribution in [0.4, 0.5) is 5.69 Å². The number of nitrogens with zero attached hydrogens (tertiary/aromatic N) is 2. The fraction of sp³-hybridized carbons (Fsp3) is 0.154. The van der Waals surface area contributed by atoms with Gasteiger partial charge in [-0.15, -0.1) is 0 Å². The standard InChI is InChI=1S/C13H12N4O2/c14-6-10-13(16-4-3-15-10)8-1-2-11-9(5-8)17-12(18)7-19-11/h1-5H,6-7,14H2,(H,17,18). The Bertz CT molecular complexity index is 642. The van der Waals surface area contributed by atoms with Gasteiger partial charge in [0.1, 0.15) is 5.75 Å². The molecule has 3 rings (SSSR count). The molecule has 0 spiro atoms. The van der Waals surface area contributed by atoms with Gasteiger partial charge in [0.25, 0.3) is 5.91 Å². The van der Waals surface area contributed by atoms with Crippen LogP contribution in [0, 0.1) is 0 Å². The van der Waals surface area contributed by atoms with Gasteiger partial charge in [0.05, 0.1) is 17.1 Å². The Morgan fingerprint density at radius 2 is 2.16 bits per heavy atom. The molecule has 6 heteroatoms. The number of carbonyl (C=O) groups is 1. The van der Waals surface area contributed by atoms with E-state index < -0.39 is 0 Å². The van der Waals surface area contributed by atoms with E-state index in [0.29, 0.717) is 29.4 Å². The number of nitrogens with two attached hydrogens (primary N) is 1. The lowest BCUT2D eigenvalue weighted by Gasteiger charge is -2.18. The number of anilines is 1. The van der Waals surface area contributed by atoms with E-state index in [0.717, 1.165) is 5.56 Å². The number of rotatable bonds is 2. The van der Waals surface area contributed by atoms with Gasteiger partial charge in [-0.2, -0.15) is 0 Å². The minimum absolute atomic E-state index is 0.0472.